The first-order valence-electron chi connectivity index (χ1n) is 8.64. The Morgan fingerprint density at radius 2 is 1.89 bits per heavy atom. The summed E-state index contributed by atoms with van der Waals surface area (Å²) in [4.78, 5) is 36.4. The third-order valence-corrected chi connectivity index (χ3v) is 4.92. The average Bonchev–Trinajstić information content (AvgIpc) is 2.92. The predicted octanol–water partition coefficient (Wildman–Crippen LogP) is 3.43. The molecule has 27 heavy (non-hydrogen) atoms. The number of ketones is 1. The highest BCUT2D eigenvalue weighted by Gasteiger charge is 2.43. The van der Waals surface area contributed by atoms with E-state index in [-0.39, 0.29) is 24.1 Å². The fourth-order valence-electron chi connectivity index (χ4n) is 3.42. The second kappa shape index (κ2) is 7.92. The summed E-state index contributed by atoms with van der Waals surface area (Å²) in [7, 11) is 0. The van der Waals surface area contributed by atoms with Gasteiger partial charge in [0.2, 0.25) is 5.91 Å². The van der Waals surface area contributed by atoms with Crippen molar-refractivity contribution in [3.63, 3.8) is 0 Å². The van der Waals surface area contributed by atoms with Gasteiger partial charge < -0.3 is 10.1 Å². The number of ether oxygens (including phenoxy) is 1. The van der Waals surface area contributed by atoms with Gasteiger partial charge in [-0.05, 0) is 18.1 Å². The summed E-state index contributed by atoms with van der Waals surface area (Å²) in [6.07, 6.45) is -0.750. The zero-order chi connectivity index (χ0) is 19.6. The molecule has 0 saturated carbocycles. The van der Waals surface area contributed by atoms with Crippen LogP contribution in [0, 0.1) is 6.92 Å². The maximum atomic E-state index is 13.1. The van der Waals surface area contributed by atoms with Gasteiger partial charge >= 0.3 is 5.97 Å². The molecule has 1 aliphatic rings. The fourth-order valence-corrected chi connectivity index (χ4v) is 3.65. The second-order valence-electron chi connectivity index (χ2n) is 6.59. The van der Waals surface area contributed by atoms with E-state index in [0.29, 0.717) is 11.1 Å². The number of rotatable bonds is 5. The lowest BCUT2D eigenvalue weighted by atomic mass is 9.89. The quantitative estimate of drug-likeness (QED) is 0.632. The molecule has 0 saturated heterocycles. The number of hydrogen-bond donors (Lipinski definition) is 1. The Morgan fingerprint density at radius 3 is 2.59 bits per heavy atom. The second-order valence-corrected chi connectivity index (χ2v) is 6.85. The lowest BCUT2D eigenvalue weighted by molar-refractivity contribution is -0.149. The number of carbonyl (C=O) groups excluding carboxylic acids is 3. The van der Waals surface area contributed by atoms with Crippen LogP contribution in [0.25, 0.3) is 0 Å². The standard InChI is InChI=1S/C21H20ClNO4/c1-12-7-8-15(14(9-12)10-22)19-20(26)16-5-3-4-6-17(16)21(19)27-18(25)11-23-13(2)24/h3-9,19,21H,10-11H2,1-2H3,(H,23,24). The summed E-state index contributed by atoms with van der Waals surface area (Å²) >= 11 is 6.11. The summed E-state index contributed by atoms with van der Waals surface area (Å²) in [5, 5.41) is 2.42. The Morgan fingerprint density at radius 1 is 1.15 bits per heavy atom. The Kier molecular flexibility index (Phi) is 5.61. The summed E-state index contributed by atoms with van der Waals surface area (Å²) in [5.74, 6) is -1.42. The summed E-state index contributed by atoms with van der Waals surface area (Å²) in [5.41, 5.74) is 3.85. The number of benzene rings is 2. The Bertz CT molecular complexity index is 909. The Labute approximate surface area is 162 Å². The number of esters is 1. The van der Waals surface area contributed by atoms with Crippen molar-refractivity contribution >= 4 is 29.3 Å². The van der Waals surface area contributed by atoms with Crippen LogP contribution in [-0.4, -0.2) is 24.2 Å². The van der Waals surface area contributed by atoms with E-state index in [0.717, 1.165) is 16.7 Å². The smallest absolute Gasteiger partial charge is 0.326 e. The van der Waals surface area contributed by atoms with E-state index in [4.69, 9.17) is 16.3 Å². The number of amides is 1. The third-order valence-electron chi connectivity index (χ3n) is 4.64. The lowest BCUT2D eigenvalue weighted by Crippen LogP contribution is -2.30. The van der Waals surface area contributed by atoms with Crippen LogP contribution in [0.3, 0.4) is 0 Å². The van der Waals surface area contributed by atoms with Crippen LogP contribution < -0.4 is 5.32 Å². The average molecular weight is 386 g/mol. The SMILES string of the molecule is CC(=O)NCC(=O)OC1c2ccccc2C(=O)C1c1ccc(C)cc1CCl. The van der Waals surface area contributed by atoms with E-state index in [1.807, 2.05) is 25.1 Å². The van der Waals surface area contributed by atoms with Crippen LogP contribution in [0.4, 0.5) is 0 Å². The zero-order valence-corrected chi connectivity index (χ0v) is 15.9. The predicted molar refractivity (Wildman–Crippen MR) is 102 cm³/mol. The van der Waals surface area contributed by atoms with Gasteiger partial charge in [0.25, 0.3) is 0 Å². The monoisotopic (exact) mass is 385 g/mol. The van der Waals surface area contributed by atoms with Gasteiger partial charge in [0.1, 0.15) is 12.6 Å². The molecule has 2 aromatic carbocycles. The van der Waals surface area contributed by atoms with Crippen LogP contribution in [-0.2, 0) is 20.2 Å². The summed E-state index contributed by atoms with van der Waals surface area (Å²) in [6.45, 7) is 3.03. The van der Waals surface area contributed by atoms with Crippen molar-refractivity contribution in [1.29, 1.82) is 0 Å². The number of hydrogen-bond acceptors (Lipinski definition) is 4. The fraction of sp³-hybridized carbons (Fsp3) is 0.286. The van der Waals surface area contributed by atoms with Gasteiger partial charge in [-0.3, -0.25) is 14.4 Å². The van der Waals surface area contributed by atoms with Crippen molar-refractivity contribution in [2.24, 2.45) is 0 Å². The van der Waals surface area contributed by atoms with Crippen LogP contribution in [0.5, 0.6) is 0 Å². The van der Waals surface area contributed by atoms with E-state index < -0.39 is 18.0 Å². The highest BCUT2D eigenvalue weighted by Crippen LogP contribution is 2.45. The van der Waals surface area contributed by atoms with E-state index in [1.165, 1.54) is 6.92 Å². The minimum Gasteiger partial charge on any atom is -0.455 e. The first kappa shape index (κ1) is 19.1. The van der Waals surface area contributed by atoms with Gasteiger partial charge in [-0.1, -0.05) is 48.0 Å². The largest absolute Gasteiger partial charge is 0.455 e. The summed E-state index contributed by atoms with van der Waals surface area (Å²) in [6, 6.07) is 12.8. The van der Waals surface area contributed by atoms with Crippen molar-refractivity contribution in [2.45, 2.75) is 31.7 Å². The molecule has 0 bridgehead atoms. The number of carbonyl (C=O) groups is 3. The normalized spacial score (nSPS) is 18.1. The molecule has 1 aliphatic carbocycles. The number of aryl methyl sites for hydroxylation is 1. The van der Waals surface area contributed by atoms with Crippen LogP contribution in [0.2, 0.25) is 0 Å². The molecule has 0 fully saturated rings. The van der Waals surface area contributed by atoms with Gasteiger partial charge in [0.05, 0.1) is 5.92 Å². The highest BCUT2D eigenvalue weighted by molar-refractivity contribution is 6.17. The molecular formula is C21H20ClNO4. The van der Waals surface area contributed by atoms with Crippen LogP contribution in [0.1, 0.15) is 51.6 Å². The van der Waals surface area contributed by atoms with Gasteiger partial charge in [-0.2, -0.15) is 0 Å². The van der Waals surface area contributed by atoms with Crippen molar-refractivity contribution in [2.75, 3.05) is 6.54 Å². The summed E-state index contributed by atoms with van der Waals surface area (Å²) < 4.78 is 5.64. The first-order chi connectivity index (χ1) is 12.9. The highest BCUT2D eigenvalue weighted by atomic mass is 35.5. The molecule has 0 aromatic heterocycles. The number of halogens is 1. The van der Waals surface area contributed by atoms with Gasteiger partial charge in [0.15, 0.2) is 5.78 Å². The minimum atomic E-state index is -0.750. The molecule has 2 unspecified atom stereocenters. The lowest BCUT2D eigenvalue weighted by Gasteiger charge is -2.22. The molecule has 0 aliphatic heterocycles. The molecule has 2 atom stereocenters. The van der Waals surface area contributed by atoms with Crippen LogP contribution >= 0.6 is 11.6 Å². The number of alkyl halides is 1. The molecule has 2 aromatic rings. The van der Waals surface area contributed by atoms with Crippen molar-refractivity contribution < 1.29 is 19.1 Å². The molecule has 0 radical (unpaired) electrons. The number of nitrogens with one attached hydrogen (secondary N) is 1. The molecule has 1 amide bonds. The molecule has 1 N–H and O–H groups in total. The minimum absolute atomic E-state index is 0.0989. The van der Waals surface area contributed by atoms with Crippen molar-refractivity contribution in [3.8, 4) is 0 Å². The van der Waals surface area contributed by atoms with Crippen LogP contribution in [0.15, 0.2) is 42.5 Å². The van der Waals surface area contributed by atoms with Crippen molar-refractivity contribution in [3.05, 3.63) is 70.3 Å². The molecule has 140 valence electrons. The molecule has 6 heteroatoms. The zero-order valence-electron chi connectivity index (χ0n) is 15.1. The maximum absolute atomic E-state index is 13.1. The number of fused-ring (bicyclic) bond motifs is 1. The van der Waals surface area contributed by atoms with Gasteiger partial charge in [0, 0.05) is 23.9 Å². The Hall–Kier alpha value is -2.66. The molecule has 0 spiro atoms. The van der Waals surface area contributed by atoms with E-state index >= 15 is 0 Å². The van der Waals surface area contributed by atoms with Gasteiger partial charge in [-0.25, -0.2) is 0 Å². The molecular weight excluding hydrogens is 366 g/mol. The Balaban J connectivity index is 2.00. The first-order valence-corrected chi connectivity index (χ1v) is 9.18. The molecule has 0 heterocycles. The number of Topliss-reactive ketones (excluding diaryl/α,β-unsaturated/α-hetero) is 1. The van der Waals surface area contributed by atoms with E-state index in [2.05, 4.69) is 5.32 Å². The third kappa shape index (κ3) is 3.88. The topological polar surface area (TPSA) is 72.5 Å². The van der Waals surface area contributed by atoms with E-state index in [9.17, 15) is 14.4 Å². The van der Waals surface area contributed by atoms with Crippen molar-refractivity contribution in [1.82, 2.24) is 5.32 Å². The maximum Gasteiger partial charge on any atom is 0.326 e. The van der Waals surface area contributed by atoms with E-state index in [1.54, 1.807) is 24.3 Å². The molecule has 5 nitrogen and oxygen atoms in total. The van der Waals surface area contributed by atoms with Gasteiger partial charge in [-0.15, -0.1) is 11.6 Å². The molecule has 3 rings (SSSR count).